The molecule has 0 aliphatic carbocycles. The minimum atomic E-state index is -0.574. The molecule has 0 heterocycles. The highest BCUT2D eigenvalue weighted by Gasteiger charge is 2.19. The Bertz CT molecular complexity index is 550. The van der Waals surface area contributed by atoms with Crippen LogP contribution < -0.4 is 5.73 Å². The highest BCUT2D eigenvalue weighted by Crippen LogP contribution is 2.19. The smallest absolute Gasteiger partial charge is 0.338 e. The quantitative estimate of drug-likeness (QED) is 0.513. The standard InChI is InChI=1S/C16H24N2O4/c1-6-21-18(11(2)19)10-13-9-12(7-8-14(13)17)15(20)22-16(3,4)5/h7-9H,6,10,17H2,1-5H3. The van der Waals surface area contributed by atoms with Gasteiger partial charge in [-0.05, 0) is 51.5 Å². The van der Waals surface area contributed by atoms with Gasteiger partial charge in [0.05, 0.1) is 18.7 Å². The second-order valence-electron chi connectivity index (χ2n) is 5.89. The Kier molecular flexibility index (Phi) is 5.93. The molecule has 2 N–H and O–H groups in total. The zero-order chi connectivity index (χ0) is 16.9. The van der Waals surface area contributed by atoms with Gasteiger partial charge in [0.25, 0.3) is 0 Å². The maximum absolute atomic E-state index is 12.1. The van der Waals surface area contributed by atoms with Gasteiger partial charge in [0, 0.05) is 12.6 Å². The van der Waals surface area contributed by atoms with Gasteiger partial charge in [0.1, 0.15) is 5.60 Å². The molecule has 0 fully saturated rings. The molecule has 1 aromatic rings. The number of nitrogens with two attached hydrogens (primary N) is 1. The van der Waals surface area contributed by atoms with Crippen LogP contribution in [0.25, 0.3) is 0 Å². The van der Waals surface area contributed by atoms with Gasteiger partial charge >= 0.3 is 5.97 Å². The second-order valence-corrected chi connectivity index (χ2v) is 5.89. The van der Waals surface area contributed by atoms with E-state index in [1.807, 2.05) is 0 Å². The van der Waals surface area contributed by atoms with E-state index in [0.717, 1.165) is 0 Å². The molecule has 6 heteroatoms. The van der Waals surface area contributed by atoms with Gasteiger partial charge in [-0.3, -0.25) is 9.63 Å². The molecule has 0 radical (unpaired) electrons. The average Bonchev–Trinajstić information content (AvgIpc) is 2.38. The van der Waals surface area contributed by atoms with Crippen molar-refractivity contribution in [3.8, 4) is 0 Å². The van der Waals surface area contributed by atoms with Crippen LogP contribution in [0, 0.1) is 0 Å². The number of esters is 1. The maximum atomic E-state index is 12.1. The molecule has 1 amide bonds. The van der Waals surface area contributed by atoms with Crippen molar-refractivity contribution in [3.63, 3.8) is 0 Å². The number of hydroxylamine groups is 2. The normalized spacial score (nSPS) is 11.1. The van der Waals surface area contributed by atoms with Crippen molar-refractivity contribution in [3.05, 3.63) is 29.3 Å². The number of benzene rings is 1. The molecule has 0 aliphatic heterocycles. The Morgan fingerprint density at radius 2 is 1.91 bits per heavy atom. The van der Waals surface area contributed by atoms with Crippen molar-refractivity contribution in [2.45, 2.75) is 46.8 Å². The predicted molar refractivity (Wildman–Crippen MR) is 83.9 cm³/mol. The van der Waals surface area contributed by atoms with Crippen LogP contribution in [0.3, 0.4) is 0 Å². The molecule has 0 bridgehead atoms. The fourth-order valence-electron chi connectivity index (χ4n) is 1.77. The molecule has 0 unspecified atom stereocenters. The summed E-state index contributed by atoms with van der Waals surface area (Å²) in [5.74, 6) is -0.663. The average molecular weight is 308 g/mol. The third-order valence-electron chi connectivity index (χ3n) is 2.73. The monoisotopic (exact) mass is 308 g/mol. The van der Waals surface area contributed by atoms with E-state index in [9.17, 15) is 9.59 Å². The van der Waals surface area contributed by atoms with E-state index in [2.05, 4.69) is 0 Å². The lowest BCUT2D eigenvalue weighted by atomic mass is 10.1. The Balaban J connectivity index is 2.99. The van der Waals surface area contributed by atoms with Crippen LogP contribution in [0.4, 0.5) is 5.69 Å². The molecule has 0 aliphatic rings. The number of ether oxygens (including phenoxy) is 1. The number of hydrogen-bond acceptors (Lipinski definition) is 5. The molecular formula is C16H24N2O4. The van der Waals surface area contributed by atoms with Crippen LogP contribution in [-0.2, 0) is 20.9 Å². The SMILES string of the molecule is CCON(Cc1cc(C(=O)OC(C)(C)C)ccc1N)C(C)=O. The second kappa shape index (κ2) is 7.26. The summed E-state index contributed by atoms with van der Waals surface area (Å²) in [6.07, 6.45) is 0. The van der Waals surface area contributed by atoms with E-state index in [1.54, 1.807) is 45.9 Å². The molecule has 0 spiro atoms. The van der Waals surface area contributed by atoms with Gasteiger partial charge < -0.3 is 10.5 Å². The number of rotatable bonds is 5. The maximum Gasteiger partial charge on any atom is 0.338 e. The fourth-order valence-corrected chi connectivity index (χ4v) is 1.77. The van der Waals surface area contributed by atoms with Crippen LogP contribution >= 0.6 is 0 Å². The minimum Gasteiger partial charge on any atom is -0.456 e. The van der Waals surface area contributed by atoms with Crippen LogP contribution in [0.5, 0.6) is 0 Å². The van der Waals surface area contributed by atoms with E-state index in [-0.39, 0.29) is 12.5 Å². The van der Waals surface area contributed by atoms with Crippen molar-refractivity contribution < 1.29 is 19.2 Å². The van der Waals surface area contributed by atoms with Gasteiger partial charge in [-0.1, -0.05) is 0 Å². The van der Waals surface area contributed by atoms with E-state index in [1.165, 1.54) is 12.0 Å². The molecule has 0 saturated heterocycles. The van der Waals surface area contributed by atoms with Gasteiger partial charge in [-0.2, -0.15) is 0 Å². The van der Waals surface area contributed by atoms with Gasteiger partial charge in [0.15, 0.2) is 0 Å². The lowest BCUT2D eigenvalue weighted by Crippen LogP contribution is -2.29. The Hall–Kier alpha value is -2.08. The molecule has 0 aromatic heterocycles. The van der Waals surface area contributed by atoms with E-state index in [4.69, 9.17) is 15.3 Å². The molecule has 0 atom stereocenters. The van der Waals surface area contributed by atoms with Crippen LogP contribution in [-0.4, -0.2) is 29.1 Å². The predicted octanol–water partition coefficient (Wildman–Crippen LogP) is 2.52. The van der Waals surface area contributed by atoms with Crippen LogP contribution in [0.2, 0.25) is 0 Å². The topological polar surface area (TPSA) is 81.9 Å². The number of nitrogen functional groups attached to an aromatic ring is 1. The largest absolute Gasteiger partial charge is 0.456 e. The number of anilines is 1. The summed E-state index contributed by atoms with van der Waals surface area (Å²) in [6, 6.07) is 4.85. The molecular weight excluding hydrogens is 284 g/mol. The van der Waals surface area contributed by atoms with Crippen molar-refractivity contribution in [2.75, 3.05) is 12.3 Å². The summed E-state index contributed by atoms with van der Waals surface area (Å²) in [4.78, 5) is 28.9. The summed E-state index contributed by atoms with van der Waals surface area (Å²) in [5.41, 5.74) is 6.85. The summed E-state index contributed by atoms with van der Waals surface area (Å²) in [7, 11) is 0. The highest BCUT2D eigenvalue weighted by molar-refractivity contribution is 5.90. The number of carbonyl (C=O) groups excluding carboxylic acids is 2. The first-order chi connectivity index (χ1) is 10.1. The first-order valence-corrected chi connectivity index (χ1v) is 7.16. The lowest BCUT2D eigenvalue weighted by molar-refractivity contribution is -0.186. The Morgan fingerprint density at radius 1 is 1.27 bits per heavy atom. The van der Waals surface area contributed by atoms with Gasteiger partial charge in [-0.15, -0.1) is 0 Å². The summed E-state index contributed by atoms with van der Waals surface area (Å²) < 4.78 is 5.33. The third-order valence-corrected chi connectivity index (χ3v) is 2.73. The zero-order valence-electron chi connectivity index (χ0n) is 13.8. The van der Waals surface area contributed by atoms with E-state index < -0.39 is 11.6 Å². The fraction of sp³-hybridized carbons (Fsp3) is 0.500. The molecule has 122 valence electrons. The highest BCUT2D eigenvalue weighted by atomic mass is 16.7. The summed E-state index contributed by atoms with van der Waals surface area (Å²) >= 11 is 0. The molecule has 1 aromatic carbocycles. The summed E-state index contributed by atoms with van der Waals surface area (Å²) in [5, 5.41) is 1.21. The van der Waals surface area contributed by atoms with E-state index in [0.29, 0.717) is 23.4 Å². The zero-order valence-corrected chi connectivity index (χ0v) is 13.8. The Morgan fingerprint density at radius 3 is 2.41 bits per heavy atom. The minimum absolute atomic E-state index is 0.172. The van der Waals surface area contributed by atoms with E-state index >= 15 is 0 Å². The lowest BCUT2D eigenvalue weighted by Gasteiger charge is -2.22. The van der Waals surface area contributed by atoms with Crippen molar-refractivity contribution in [1.82, 2.24) is 5.06 Å². The summed E-state index contributed by atoms with van der Waals surface area (Å²) in [6.45, 7) is 9.14. The molecule has 0 saturated carbocycles. The number of carbonyl (C=O) groups is 2. The van der Waals surface area contributed by atoms with Gasteiger partial charge in [-0.25, -0.2) is 9.86 Å². The number of amides is 1. The Labute approximate surface area is 131 Å². The first kappa shape index (κ1) is 18.0. The van der Waals surface area contributed by atoms with Crippen LogP contribution in [0.15, 0.2) is 18.2 Å². The molecule has 6 nitrogen and oxygen atoms in total. The molecule has 22 heavy (non-hydrogen) atoms. The van der Waals surface area contributed by atoms with Crippen molar-refractivity contribution >= 4 is 17.6 Å². The van der Waals surface area contributed by atoms with Crippen molar-refractivity contribution in [2.24, 2.45) is 0 Å². The third kappa shape index (κ3) is 5.37. The van der Waals surface area contributed by atoms with Crippen molar-refractivity contribution in [1.29, 1.82) is 0 Å². The molecule has 1 rings (SSSR count). The van der Waals surface area contributed by atoms with Crippen LogP contribution in [0.1, 0.15) is 50.5 Å². The number of hydrogen-bond donors (Lipinski definition) is 1. The number of nitrogens with zero attached hydrogens (tertiary/aromatic N) is 1. The van der Waals surface area contributed by atoms with Gasteiger partial charge in [0.2, 0.25) is 5.91 Å². The first-order valence-electron chi connectivity index (χ1n) is 7.16.